The number of hydrogen-bond donors (Lipinski definition) is 0. The van der Waals surface area contributed by atoms with Crippen LogP contribution in [0.4, 0.5) is 0 Å². The summed E-state index contributed by atoms with van der Waals surface area (Å²) in [5.74, 6) is 1.67. The molecule has 1 aliphatic rings. The third-order valence-electron chi connectivity index (χ3n) is 4.48. The van der Waals surface area contributed by atoms with E-state index in [4.69, 9.17) is 9.47 Å². The van der Waals surface area contributed by atoms with Crippen molar-refractivity contribution < 1.29 is 14.3 Å². The number of carbonyl (C=O) groups excluding carboxylic acids is 1. The SMILES string of the molecule is O=C1C=COC(C=P(c2ccccc2)(c2ccccc2)c2ccccc2)O1. The second-order valence-electron chi connectivity index (χ2n) is 6.12. The van der Waals surface area contributed by atoms with Crippen molar-refractivity contribution >= 4 is 34.6 Å². The molecule has 0 aliphatic carbocycles. The molecule has 3 nitrogen and oxygen atoms in total. The molecule has 3 aromatic carbocycles. The molecule has 3 aromatic rings. The first-order valence-electron chi connectivity index (χ1n) is 8.73. The normalized spacial score (nSPS) is 16.3. The van der Waals surface area contributed by atoms with Gasteiger partial charge in [-0.2, -0.15) is 0 Å². The minimum absolute atomic E-state index is 0.394. The highest BCUT2D eigenvalue weighted by molar-refractivity contribution is 7.94. The minimum atomic E-state index is -2.21. The van der Waals surface area contributed by atoms with Crippen LogP contribution in [0.15, 0.2) is 103 Å². The molecule has 0 N–H and O–H groups in total. The zero-order valence-corrected chi connectivity index (χ0v) is 15.5. The lowest BCUT2D eigenvalue weighted by molar-refractivity contribution is -0.156. The standard InChI is InChI=1S/C23H19O3P/c24-22-16-17-25-23(26-22)18-27(19-10-4-1-5-11-19,20-12-6-2-7-13-20)21-14-8-3-9-15-21/h1-18,23H. The van der Waals surface area contributed by atoms with E-state index in [1.807, 2.05) is 54.6 Å². The van der Waals surface area contributed by atoms with E-state index in [1.165, 1.54) is 28.3 Å². The molecule has 27 heavy (non-hydrogen) atoms. The van der Waals surface area contributed by atoms with Crippen molar-refractivity contribution in [2.45, 2.75) is 6.29 Å². The van der Waals surface area contributed by atoms with Crippen LogP contribution < -0.4 is 15.9 Å². The van der Waals surface area contributed by atoms with Crippen LogP contribution in [0.5, 0.6) is 0 Å². The van der Waals surface area contributed by atoms with Crippen molar-refractivity contribution in [3.05, 3.63) is 103 Å². The molecule has 0 saturated heterocycles. The third-order valence-corrected chi connectivity index (χ3v) is 8.51. The lowest BCUT2D eigenvalue weighted by Gasteiger charge is -2.30. The van der Waals surface area contributed by atoms with Crippen LogP contribution >= 0.6 is 6.89 Å². The molecule has 0 amide bonds. The number of rotatable bonds is 4. The summed E-state index contributed by atoms with van der Waals surface area (Å²) in [6.07, 6.45) is 1.96. The summed E-state index contributed by atoms with van der Waals surface area (Å²) in [6, 6.07) is 31.0. The fourth-order valence-corrected chi connectivity index (χ4v) is 7.13. The van der Waals surface area contributed by atoms with Gasteiger partial charge in [-0.15, -0.1) is 0 Å². The molecule has 0 radical (unpaired) electrons. The van der Waals surface area contributed by atoms with Gasteiger partial charge in [0.15, 0.2) is 0 Å². The van der Waals surface area contributed by atoms with Crippen molar-refractivity contribution in [2.24, 2.45) is 0 Å². The number of esters is 1. The van der Waals surface area contributed by atoms with Crippen LogP contribution in [0, 0.1) is 0 Å². The van der Waals surface area contributed by atoms with Gasteiger partial charge >= 0.3 is 5.97 Å². The summed E-state index contributed by atoms with van der Waals surface area (Å²) >= 11 is 0. The highest BCUT2D eigenvalue weighted by Crippen LogP contribution is 2.44. The molecule has 4 heteroatoms. The van der Waals surface area contributed by atoms with Gasteiger partial charge in [-0.1, -0.05) is 91.0 Å². The second kappa shape index (κ2) is 7.69. The van der Waals surface area contributed by atoms with Crippen LogP contribution in [0.1, 0.15) is 0 Å². The predicted octanol–water partition coefficient (Wildman–Crippen LogP) is 3.20. The molecular weight excluding hydrogens is 355 g/mol. The van der Waals surface area contributed by atoms with Crippen LogP contribution in [0.3, 0.4) is 0 Å². The third kappa shape index (κ3) is 3.47. The molecule has 1 atom stereocenters. The highest BCUT2D eigenvalue weighted by atomic mass is 31.2. The first-order chi connectivity index (χ1) is 13.3. The Bertz CT molecular complexity index is 892. The summed E-state index contributed by atoms with van der Waals surface area (Å²) in [5.41, 5.74) is 0. The topological polar surface area (TPSA) is 35.5 Å². The zero-order valence-electron chi connectivity index (χ0n) is 14.6. The van der Waals surface area contributed by atoms with Crippen LogP contribution in [0.25, 0.3) is 0 Å². The van der Waals surface area contributed by atoms with Gasteiger partial charge in [0.1, 0.15) is 0 Å². The maximum absolute atomic E-state index is 11.8. The maximum atomic E-state index is 11.8. The Morgan fingerprint density at radius 3 is 1.56 bits per heavy atom. The number of ether oxygens (including phenoxy) is 2. The molecule has 1 unspecified atom stereocenters. The maximum Gasteiger partial charge on any atom is 0.337 e. The van der Waals surface area contributed by atoms with E-state index in [2.05, 4.69) is 42.2 Å². The minimum Gasteiger partial charge on any atom is -0.458 e. The van der Waals surface area contributed by atoms with E-state index in [0.717, 1.165) is 0 Å². The van der Waals surface area contributed by atoms with Crippen molar-refractivity contribution in [3.8, 4) is 0 Å². The molecular formula is C23H19O3P. The number of cyclic esters (lactones) is 1. The monoisotopic (exact) mass is 374 g/mol. The van der Waals surface area contributed by atoms with E-state index in [0.29, 0.717) is 0 Å². The van der Waals surface area contributed by atoms with Gasteiger partial charge in [0, 0.05) is 5.80 Å². The fourth-order valence-electron chi connectivity index (χ4n) is 3.30. The number of hydrogen-bond acceptors (Lipinski definition) is 3. The van der Waals surface area contributed by atoms with E-state index in [1.54, 1.807) is 0 Å². The molecule has 0 bridgehead atoms. The fraction of sp³-hybridized carbons (Fsp3) is 0.0435. The van der Waals surface area contributed by atoms with E-state index >= 15 is 0 Å². The van der Waals surface area contributed by atoms with E-state index in [-0.39, 0.29) is 0 Å². The first kappa shape index (κ1) is 17.4. The molecule has 1 aliphatic heterocycles. The van der Waals surface area contributed by atoms with Gasteiger partial charge in [0.05, 0.1) is 12.3 Å². The van der Waals surface area contributed by atoms with E-state index < -0.39 is 19.1 Å². The Kier molecular flexibility index (Phi) is 4.95. The molecule has 4 rings (SSSR count). The van der Waals surface area contributed by atoms with Crippen LogP contribution in [-0.2, 0) is 14.3 Å². The Morgan fingerprint density at radius 1 is 0.704 bits per heavy atom. The van der Waals surface area contributed by atoms with Gasteiger partial charge < -0.3 is 9.47 Å². The second-order valence-corrected chi connectivity index (χ2v) is 9.42. The van der Waals surface area contributed by atoms with Gasteiger partial charge in [-0.05, 0) is 22.8 Å². The van der Waals surface area contributed by atoms with Gasteiger partial charge in [-0.3, -0.25) is 0 Å². The predicted molar refractivity (Wildman–Crippen MR) is 111 cm³/mol. The molecule has 0 saturated carbocycles. The average Bonchev–Trinajstić information content (AvgIpc) is 2.74. The summed E-state index contributed by atoms with van der Waals surface area (Å²) in [5, 5.41) is 3.53. The molecule has 0 fully saturated rings. The molecule has 134 valence electrons. The van der Waals surface area contributed by atoms with Crippen LogP contribution in [0.2, 0.25) is 0 Å². The Balaban J connectivity index is 2.04. The zero-order chi connectivity index (χ0) is 18.5. The Morgan fingerprint density at radius 2 is 1.15 bits per heavy atom. The largest absolute Gasteiger partial charge is 0.458 e. The van der Waals surface area contributed by atoms with E-state index in [9.17, 15) is 4.79 Å². The van der Waals surface area contributed by atoms with Crippen molar-refractivity contribution in [3.63, 3.8) is 0 Å². The molecule has 0 spiro atoms. The Hall–Kier alpha value is -3.03. The molecule has 1 heterocycles. The number of carbonyl (C=O) groups is 1. The average molecular weight is 374 g/mol. The lowest BCUT2D eigenvalue weighted by atomic mass is 10.4. The summed E-state index contributed by atoms with van der Waals surface area (Å²) in [7, 11) is 0. The van der Waals surface area contributed by atoms with Gasteiger partial charge in [-0.25, -0.2) is 4.79 Å². The first-order valence-corrected chi connectivity index (χ1v) is 10.6. The summed E-state index contributed by atoms with van der Waals surface area (Å²) < 4.78 is 11.0. The van der Waals surface area contributed by atoms with Gasteiger partial charge in [0.25, 0.3) is 6.29 Å². The lowest BCUT2D eigenvalue weighted by Crippen LogP contribution is -2.32. The van der Waals surface area contributed by atoms with Crippen LogP contribution in [-0.4, -0.2) is 18.1 Å². The van der Waals surface area contributed by atoms with Gasteiger partial charge in [0.2, 0.25) is 0 Å². The quantitative estimate of drug-likeness (QED) is 0.520. The summed E-state index contributed by atoms with van der Waals surface area (Å²) in [6.45, 7) is -2.21. The smallest absolute Gasteiger partial charge is 0.337 e. The van der Waals surface area contributed by atoms with Crippen molar-refractivity contribution in [1.29, 1.82) is 0 Å². The summed E-state index contributed by atoms with van der Waals surface area (Å²) in [4.78, 5) is 11.8. The Labute approximate surface area is 158 Å². The highest BCUT2D eigenvalue weighted by Gasteiger charge is 2.28. The van der Waals surface area contributed by atoms with Crippen molar-refractivity contribution in [1.82, 2.24) is 0 Å². The molecule has 0 aromatic heterocycles. The number of benzene rings is 3. The van der Waals surface area contributed by atoms with Crippen molar-refractivity contribution in [2.75, 3.05) is 0 Å².